The molecule has 7 nitrogen and oxygen atoms in total. The number of hydrogen-bond donors (Lipinski definition) is 1. The topological polar surface area (TPSA) is 51.9 Å². The van der Waals surface area contributed by atoms with E-state index in [4.69, 9.17) is 0 Å². The first-order valence-corrected chi connectivity index (χ1v) is 9.43. The Bertz CT molecular complexity index is 580. The molecule has 0 amide bonds. The Morgan fingerprint density at radius 2 is 2.08 bits per heavy atom. The highest BCUT2D eigenvalue weighted by Gasteiger charge is 2.31. The average Bonchev–Trinajstić information content (AvgIpc) is 3.32. The Hall–Kier alpha value is -0.870. The van der Waals surface area contributed by atoms with Gasteiger partial charge < -0.3 is 15.1 Å². The van der Waals surface area contributed by atoms with E-state index in [0.29, 0.717) is 6.04 Å². The van der Waals surface area contributed by atoms with E-state index in [1.807, 2.05) is 25.0 Å². The van der Waals surface area contributed by atoms with Gasteiger partial charge in [0.25, 0.3) is 0 Å². The molecule has 0 spiro atoms. The molecule has 0 bridgehead atoms. The Labute approximate surface area is 174 Å². The molecular formula is C18H34IN7. The summed E-state index contributed by atoms with van der Waals surface area (Å²) in [6, 6.07) is 0.978. The molecule has 2 aliphatic heterocycles. The van der Waals surface area contributed by atoms with Crippen LogP contribution in [0.2, 0.25) is 0 Å². The molecule has 0 aromatic carbocycles. The van der Waals surface area contributed by atoms with Gasteiger partial charge in [-0.05, 0) is 46.4 Å². The minimum atomic E-state index is 0. The number of aromatic nitrogens is 2. The van der Waals surface area contributed by atoms with Gasteiger partial charge >= 0.3 is 0 Å². The normalized spacial score (nSPS) is 22.7. The fraction of sp³-hybridized carbons (Fsp3) is 0.778. The number of aryl methyl sites for hydroxylation is 1. The van der Waals surface area contributed by atoms with Crippen LogP contribution in [0.3, 0.4) is 0 Å². The lowest BCUT2D eigenvalue weighted by Gasteiger charge is -2.28. The second-order valence-corrected chi connectivity index (χ2v) is 7.49. The number of nitrogens with one attached hydrogen (secondary N) is 1. The predicted molar refractivity (Wildman–Crippen MR) is 117 cm³/mol. The maximum Gasteiger partial charge on any atom is 0.193 e. The first-order chi connectivity index (χ1) is 12.1. The van der Waals surface area contributed by atoms with Crippen molar-refractivity contribution < 1.29 is 0 Å². The summed E-state index contributed by atoms with van der Waals surface area (Å²) in [7, 11) is 8.08. The molecule has 1 aromatic heterocycles. The number of hydrogen-bond acceptors (Lipinski definition) is 4. The summed E-state index contributed by atoms with van der Waals surface area (Å²) >= 11 is 0. The molecule has 3 heterocycles. The number of nitrogens with zero attached hydrogens (tertiary/aromatic N) is 6. The van der Waals surface area contributed by atoms with Gasteiger partial charge in [0.05, 0.1) is 12.2 Å². The fourth-order valence-corrected chi connectivity index (χ4v) is 4.07. The number of guanidine groups is 1. The standard InChI is InChI=1S/C18H33N7.HI/c1-19-18(25-10-7-16(14-25)24-8-5-6-9-24)20-12-17(22(2)3)15-11-21-23(4)13-15;/h11,13,16-17H,5-10,12,14H2,1-4H3,(H,19,20);1H. The highest BCUT2D eigenvalue weighted by atomic mass is 127. The molecule has 3 rings (SSSR count). The molecular weight excluding hydrogens is 441 g/mol. The molecule has 26 heavy (non-hydrogen) atoms. The Balaban J connectivity index is 0.00000243. The lowest BCUT2D eigenvalue weighted by Crippen LogP contribution is -2.45. The number of aliphatic imine (C=N–C) groups is 1. The van der Waals surface area contributed by atoms with Gasteiger partial charge in [0.1, 0.15) is 0 Å². The van der Waals surface area contributed by atoms with Crippen LogP contribution >= 0.6 is 24.0 Å². The van der Waals surface area contributed by atoms with Crippen molar-refractivity contribution in [1.29, 1.82) is 0 Å². The van der Waals surface area contributed by atoms with Crippen molar-refractivity contribution in [2.45, 2.75) is 31.3 Å². The number of rotatable bonds is 5. The quantitative estimate of drug-likeness (QED) is 0.397. The Morgan fingerprint density at radius 3 is 2.65 bits per heavy atom. The second-order valence-electron chi connectivity index (χ2n) is 7.49. The zero-order chi connectivity index (χ0) is 17.8. The third-order valence-electron chi connectivity index (χ3n) is 5.52. The SMILES string of the molecule is CN=C(NCC(c1cnn(C)c1)N(C)C)N1CCC(N2CCCC2)C1.I. The second kappa shape index (κ2) is 9.89. The summed E-state index contributed by atoms with van der Waals surface area (Å²) < 4.78 is 1.86. The molecule has 0 radical (unpaired) electrons. The third kappa shape index (κ3) is 5.10. The van der Waals surface area contributed by atoms with Crippen molar-refractivity contribution in [3.63, 3.8) is 0 Å². The van der Waals surface area contributed by atoms with Crippen LogP contribution in [-0.4, -0.2) is 90.3 Å². The van der Waals surface area contributed by atoms with E-state index >= 15 is 0 Å². The maximum absolute atomic E-state index is 4.53. The number of likely N-dealkylation sites (N-methyl/N-ethyl adjacent to an activating group) is 1. The number of likely N-dealkylation sites (tertiary alicyclic amines) is 2. The van der Waals surface area contributed by atoms with Crippen LogP contribution in [0, 0.1) is 0 Å². The van der Waals surface area contributed by atoms with E-state index in [-0.39, 0.29) is 30.0 Å². The van der Waals surface area contributed by atoms with Gasteiger partial charge in [-0.2, -0.15) is 5.10 Å². The highest BCUT2D eigenvalue weighted by molar-refractivity contribution is 14.0. The molecule has 0 aliphatic carbocycles. The van der Waals surface area contributed by atoms with Crippen molar-refractivity contribution in [2.24, 2.45) is 12.0 Å². The average molecular weight is 475 g/mol. The molecule has 8 heteroatoms. The van der Waals surface area contributed by atoms with Gasteiger partial charge in [-0.15, -0.1) is 24.0 Å². The lowest BCUT2D eigenvalue weighted by molar-refractivity contribution is 0.248. The van der Waals surface area contributed by atoms with E-state index in [2.05, 4.69) is 50.4 Å². The van der Waals surface area contributed by atoms with Gasteiger partial charge in [0.2, 0.25) is 0 Å². The molecule has 2 aliphatic rings. The van der Waals surface area contributed by atoms with Crippen LogP contribution in [0.1, 0.15) is 30.9 Å². The molecule has 1 N–H and O–H groups in total. The van der Waals surface area contributed by atoms with Crippen LogP contribution in [0.25, 0.3) is 0 Å². The molecule has 2 fully saturated rings. The summed E-state index contributed by atoms with van der Waals surface area (Å²) in [6.07, 6.45) is 8.02. The van der Waals surface area contributed by atoms with Crippen molar-refractivity contribution in [1.82, 2.24) is 29.8 Å². The van der Waals surface area contributed by atoms with Gasteiger partial charge in [-0.1, -0.05) is 0 Å². The molecule has 1 aromatic rings. The van der Waals surface area contributed by atoms with Crippen molar-refractivity contribution in [3.05, 3.63) is 18.0 Å². The monoisotopic (exact) mass is 475 g/mol. The Morgan fingerprint density at radius 1 is 1.35 bits per heavy atom. The van der Waals surface area contributed by atoms with Gasteiger partial charge in [-0.3, -0.25) is 14.6 Å². The fourth-order valence-electron chi connectivity index (χ4n) is 4.07. The lowest BCUT2D eigenvalue weighted by atomic mass is 10.1. The molecule has 2 unspecified atom stereocenters. The smallest absolute Gasteiger partial charge is 0.193 e. The van der Waals surface area contributed by atoms with Crippen LogP contribution < -0.4 is 5.32 Å². The minimum absolute atomic E-state index is 0. The largest absolute Gasteiger partial charge is 0.354 e. The van der Waals surface area contributed by atoms with E-state index in [0.717, 1.165) is 25.6 Å². The number of halogens is 1. The predicted octanol–water partition coefficient (Wildman–Crippen LogP) is 1.39. The maximum atomic E-state index is 4.53. The summed E-state index contributed by atoms with van der Waals surface area (Å²) in [5, 5.41) is 7.91. The third-order valence-corrected chi connectivity index (χ3v) is 5.52. The highest BCUT2D eigenvalue weighted by Crippen LogP contribution is 2.21. The van der Waals surface area contributed by atoms with Crippen molar-refractivity contribution >= 4 is 29.9 Å². The molecule has 2 saturated heterocycles. The van der Waals surface area contributed by atoms with E-state index in [1.165, 1.54) is 37.9 Å². The van der Waals surface area contributed by atoms with Crippen LogP contribution in [-0.2, 0) is 7.05 Å². The summed E-state index contributed by atoms with van der Waals surface area (Å²) in [5.74, 6) is 1.03. The minimum Gasteiger partial charge on any atom is -0.354 e. The van der Waals surface area contributed by atoms with E-state index in [9.17, 15) is 0 Å². The van der Waals surface area contributed by atoms with Gasteiger partial charge in [0, 0.05) is 51.5 Å². The molecule has 2 atom stereocenters. The zero-order valence-electron chi connectivity index (χ0n) is 16.6. The zero-order valence-corrected chi connectivity index (χ0v) is 18.9. The van der Waals surface area contributed by atoms with Gasteiger partial charge in [0.15, 0.2) is 5.96 Å². The first kappa shape index (κ1) is 21.4. The first-order valence-electron chi connectivity index (χ1n) is 9.43. The van der Waals surface area contributed by atoms with Crippen LogP contribution in [0.4, 0.5) is 0 Å². The molecule has 148 valence electrons. The Kier molecular flexibility index (Phi) is 8.15. The summed E-state index contributed by atoms with van der Waals surface area (Å²) in [5.41, 5.74) is 1.23. The van der Waals surface area contributed by atoms with Gasteiger partial charge in [-0.25, -0.2) is 0 Å². The summed E-state index contributed by atoms with van der Waals surface area (Å²) in [4.78, 5) is 11.8. The van der Waals surface area contributed by atoms with E-state index < -0.39 is 0 Å². The van der Waals surface area contributed by atoms with Crippen LogP contribution in [0.5, 0.6) is 0 Å². The summed E-state index contributed by atoms with van der Waals surface area (Å²) in [6.45, 7) is 5.57. The van der Waals surface area contributed by atoms with E-state index in [1.54, 1.807) is 0 Å². The van der Waals surface area contributed by atoms with Crippen molar-refractivity contribution in [3.8, 4) is 0 Å². The van der Waals surface area contributed by atoms with Crippen molar-refractivity contribution in [2.75, 3.05) is 53.9 Å². The van der Waals surface area contributed by atoms with Crippen LogP contribution in [0.15, 0.2) is 17.4 Å². The molecule has 0 saturated carbocycles.